The lowest BCUT2D eigenvalue weighted by Gasteiger charge is -2.07. The summed E-state index contributed by atoms with van der Waals surface area (Å²) in [6.45, 7) is 5.09. The first-order chi connectivity index (χ1) is 7.36. The highest BCUT2D eigenvalue weighted by atomic mass is 19.2. The van der Waals surface area contributed by atoms with Gasteiger partial charge < -0.3 is 0 Å². The molecule has 0 nitrogen and oxygen atoms in total. The van der Waals surface area contributed by atoms with E-state index in [1.54, 1.807) is 6.92 Å². The first-order valence-electron chi connectivity index (χ1n) is 4.51. The third-order valence-electron chi connectivity index (χ3n) is 2.10. The molecule has 0 saturated carbocycles. The lowest BCUT2D eigenvalue weighted by atomic mass is 10.0. The Labute approximate surface area is 89.4 Å². The third-order valence-corrected chi connectivity index (χ3v) is 2.10. The molecule has 0 heterocycles. The predicted molar refractivity (Wildman–Crippen MR) is 49.4 cm³/mol. The van der Waals surface area contributed by atoms with Crippen molar-refractivity contribution in [1.82, 2.24) is 0 Å². The lowest BCUT2D eigenvalue weighted by Crippen LogP contribution is -2.07. The van der Waals surface area contributed by atoms with Gasteiger partial charge in [0.25, 0.3) is 0 Å². The summed E-state index contributed by atoms with van der Waals surface area (Å²) in [5, 5.41) is 0. The van der Waals surface area contributed by atoms with Crippen molar-refractivity contribution in [3.63, 3.8) is 0 Å². The van der Waals surface area contributed by atoms with Gasteiger partial charge in [0.2, 0.25) is 5.82 Å². The Kier molecular flexibility index (Phi) is 3.67. The summed E-state index contributed by atoms with van der Waals surface area (Å²) in [5.41, 5.74) is -0.191. The second-order valence-corrected chi connectivity index (χ2v) is 3.51. The quantitative estimate of drug-likeness (QED) is 0.323. The molecule has 0 fully saturated rings. The fraction of sp³-hybridized carbons (Fsp3) is 0.273. The number of halogens is 5. The van der Waals surface area contributed by atoms with Gasteiger partial charge in [0.1, 0.15) is 0 Å². The molecule has 0 aliphatic rings. The predicted octanol–water partition coefficient (Wildman–Crippen LogP) is 3.89. The van der Waals surface area contributed by atoms with Crippen molar-refractivity contribution in [2.45, 2.75) is 19.8 Å². The molecule has 5 heteroatoms. The van der Waals surface area contributed by atoms with E-state index in [4.69, 9.17) is 0 Å². The molecule has 1 rings (SSSR count). The molecule has 0 spiro atoms. The summed E-state index contributed by atoms with van der Waals surface area (Å²) in [6.07, 6.45) is -0.0977. The highest BCUT2D eigenvalue weighted by molar-refractivity contribution is 5.24. The molecule has 1 aromatic carbocycles. The normalized spacial score (nSPS) is 10.6. The minimum atomic E-state index is -2.13. The maximum Gasteiger partial charge on any atom is 0.200 e. The summed E-state index contributed by atoms with van der Waals surface area (Å²) in [6, 6.07) is 0. The lowest BCUT2D eigenvalue weighted by molar-refractivity contribution is 0.370. The molecule has 0 atom stereocenters. The summed E-state index contributed by atoms with van der Waals surface area (Å²) >= 11 is 0. The zero-order valence-corrected chi connectivity index (χ0v) is 8.51. The number of allylic oxidation sites excluding steroid dienone is 1. The fourth-order valence-corrected chi connectivity index (χ4v) is 1.21. The fourth-order valence-electron chi connectivity index (χ4n) is 1.21. The Morgan fingerprint density at radius 3 is 1.62 bits per heavy atom. The van der Waals surface area contributed by atoms with E-state index >= 15 is 0 Å². The summed E-state index contributed by atoms with van der Waals surface area (Å²) in [5.74, 6) is -9.48. The van der Waals surface area contributed by atoms with E-state index < -0.39 is 34.6 Å². The first-order valence-corrected chi connectivity index (χ1v) is 4.51. The van der Waals surface area contributed by atoms with Crippen LogP contribution in [0.5, 0.6) is 0 Å². The van der Waals surface area contributed by atoms with Crippen LogP contribution in [0.2, 0.25) is 0 Å². The van der Waals surface area contributed by atoms with Crippen molar-refractivity contribution in [3.05, 3.63) is 46.8 Å². The average Bonchev–Trinajstić information content (AvgIpc) is 2.23. The van der Waals surface area contributed by atoms with Gasteiger partial charge in [0, 0.05) is 5.56 Å². The second kappa shape index (κ2) is 4.63. The van der Waals surface area contributed by atoms with Gasteiger partial charge in [0.05, 0.1) is 0 Å². The first kappa shape index (κ1) is 12.7. The molecule has 0 N–H and O–H groups in total. The van der Waals surface area contributed by atoms with E-state index in [0.29, 0.717) is 5.57 Å². The van der Waals surface area contributed by atoms with E-state index in [-0.39, 0.29) is 12.8 Å². The highest BCUT2D eigenvalue weighted by Gasteiger charge is 2.24. The van der Waals surface area contributed by atoms with Gasteiger partial charge in [-0.05, 0) is 19.8 Å². The maximum absolute atomic E-state index is 13.1. The molecule has 0 radical (unpaired) electrons. The van der Waals surface area contributed by atoms with Crippen LogP contribution in [0.15, 0.2) is 12.2 Å². The number of hydrogen-bond acceptors (Lipinski definition) is 0. The summed E-state index contributed by atoms with van der Waals surface area (Å²) < 4.78 is 64.3. The van der Waals surface area contributed by atoms with Gasteiger partial charge in [-0.2, -0.15) is 0 Å². The SMILES string of the molecule is C=C(C)CCc1c(F)c(F)c(F)c(F)c1F. The zero-order chi connectivity index (χ0) is 12.5. The van der Waals surface area contributed by atoms with Gasteiger partial charge in [0.15, 0.2) is 23.3 Å². The van der Waals surface area contributed by atoms with Gasteiger partial charge in [-0.3, -0.25) is 0 Å². The van der Waals surface area contributed by atoms with Crippen molar-refractivity contribution >= 4 is 0 Å². The Bertz CT molecular complexity index is 407. The van der Waals surface area contributed by atoms with Crippen LogP contribution in [0.4, 0.5) is 22.0 Å². The maximum atomic E-state index is 13.1. The van der Waals surface area contributed by atoms with Crippen LogP contribution < -0.4 is 0 Å². The molecule has 88 valence electrons. The van der Waals surface area contributed by atoms with E-state index in [1.807, 2.05) is 0 Å². The van der Waals surface area contributed by atoms with Gasteiger partial charge in [-0.25, -0.2) is 22.0 Å². The van der Waals surface area contributed by atoms with Crippen LogP contribution in [0, 0.1) is 29.1 Å². The topological polar surface area (TPSA) is 0 Å². The third kappa shape index (κ3) is 2.23. The highest BCUT2D eigenvalue weighted by Crippen LogP contribution is 2.24. The van der Waals surface area contributed by atoms with E-state index in [9.17, 15) is 22.0 Å². The summed E-state index contributed by atoms with van der Waals surface area (Å²) in [7, 11) is 0. The van der Waals surface area contributed by atoms with Crippen LogP contribution in [0.3, 0.4) is 0 Å². The molecule has 0 aliphatic heterocycles. The molecule has 0 aromatic heterocycles. The molecular formula is C11H9F5. The Morgan fingerprint density at radius 2 is 1.25 bits per heavy atom. The van der Waals surface area contributed by atoms with Crippen LogP contribution in [-0.2, 0) is 6.42 Å². The molecule has 16 heavy (non-hydrogen) atoms. The monoisotopic (exact) mass is 236 g/mol. The van der Waals surface area contributed by atoms with E-state index in [0.717, 1.165) is 0 Å². The Hall–Kier alpha value is -1.39. The van der Waals surface area contributed by atoms with E-state index in [1.165, 1.54) is 0 Å². The molecular weight excluding hydrogens is 227 g/mol. The Morgan fingerprint density at radius 1 is 0.875 bits per heavy atom. The molecule has 1 aromatic rings. The number of rotatable bonds is 3. The molecule has 0 bridgehead atoms. The smallest absolute Gasteiger partial charge is 0.200 e. The molecule has 0 amide bonds. The average molecular weight is 236 g/mol. The van der Waals surface area contributed by atoms with Crippen LogP contribution in [-0.4, -0.2) is 0 Å². The largest absolute Gasteiger partial charge is 0.203 e. The van der Waals surface area contributed by atoms with Gasteiger partial charge >= 0.3 is 0 Å². The van der Waals surface area contributed by atoms with Crippen molar-refractivity contribution in [3.8, 4) is 0 Å². The molecule has 0 saturated heterocycles. The Balaban J connectivity index is 3.23. The molecule has 0 aliphatic carbocycles. The minimum Gasteiger partial charge on any atom is -0.203 e. The second-order valence-electron chi connectivity index (χ2n) is 3.51. The van der Waals surface area contributed by atoms with Gasteiger partial charge in [-0.15, -0.1) is 6.58 Å². The number of benzene rings is 1. The van der Waals surface area contributed by atoms with Crippen molar-refractivity contribution < 1.29 is 22.0 Å². The summed E-state index contributed by atoms with van der Waals surface area (Å²) in [4.78, 5) is 0. The zero-order valence-electron chi connectivity index (χ0n) is 8.51. The van der Waals surface area contributed by atoms with Crippen molar-refractivity contribution in [1.29, 1.82) is 0 Å². The van der Waals surface area contributed by atoms with Gasteiger partial charge in [-0.1, -0.05) is 5.57 Å². The van der Waals surface area contributed by atoms with Crippen LogP contribution >= 0.6 is 0 Å². The molecule has 0 unspecified atom stereocenters. The van der Waals surface area contributed by atoms with Crippen LogP contribution in [0.25, 0.3) is 0 Å². The van der Waals surface area contributed by atoms with Crippen molar-refractivity contribution in [2.24, 2.45) is 0 Å². The minimum absolute atomic E-state index is 0.165. The standard InChI is InChI=1S/C11H9F5/c1-5(2)3-4-6-7(12)9(14)11(16)10(15)8(6)13/h1,3-4H2,2H3. The van der Waals surface area contributed by atoms with Crippen LogP contribution in [0.1, 0.15) is 18.9 Å². The van der Waals surface area contributed by atoms with E-state index in [2.05, 4.69) is 6.58 Å². The van der Waals surface area contributed by atoms with Crippen molar-refractivity contribution in [2.75, 3.05) is 0 Å². The number of hydrogen-bond donors (Lipinski definition) is 0.